The summed E-state index contributed by atoms with van der Waals surface area (Å²) < 4.78 is 2.57. The zero-order valence-electron chi connectivity index (χ0n) is 14.9. The molecule has 1 fully saturated rings. The van der Waals surface area contributed by atoms with Gasteiger partial charge in [-0.15, -0.1) is 0 Å². The molecule has 3 aromatic rings. The van der Waals surface area contributed by atoms with E-state index in [0.29, 0.717) is 28.2 Å². The molecular formula is C18H19BrN6O2. The van der Waals surface area contributed by atoms with Crippen LogP contribution >= 0.6 is 15.9 Å². The predicted octanol–water partition coefficient (Wildman–Crippen LogP) is 3.06. The number of aromatic amines is 1. The van der Waals surface area contributed by atoms with Crippen LogP contribution in [0.25, 0.3) is 11.0 Å². The third-order valence-electron chi connectivity index (χ3n) is 4.50. The Morgan fingerprint density at radius 3 is 2.63 bits per heavy atom. The van der Waals surface area contributed by atoms with Gasteiger partial charge in [0.25, 0.3) is 11.8 Å². The Labute approximate surface area is 163 Å². The minimum absolute atomic E-state index is 0.131. The van der Waals surface area contributed by atoms with E-state index in [0.717, 1.165) is 23.0 Å². The van der Waals surface area contributed by atoms with Gasteiger partial charge in [0.15, 0.2) is 5.65 Å². The Morgan fingerprint density at radius 1 is 1.26 bits per heavy atom. The molecule has 3 heterocycles. The lowest BCUT2D eigenvalue weighted by atomic mass is 10.1. The molecule has 140 valence electrons. The molecule has 8 nitrogen and oxygen atoms in total. The Balaban J connectivity index is 1.61. The highest BCUT2D eigenvalue weighted by Crippen LogP contribution is 2.40. The van der Waals surface area contributed by atoms with Crippen molar-refractivity contribution in [3.63, 3.8) is 0 Å². The number of rotatable bonds is 4. The van der Waals surface area contributed by atoms with Gasteiger partial charge in [-0.1, -0.05) is 0 Å². The van der Waals surface area contributed by atoms with Gasteiger partial charge < -0.3 is 4.98 Å². The van der Waals surface area contributed by atoms with Crippen LogP contribution in [0, 0.1) is 0 Å². The van der Waals surface area contributed by atoms with E-state index < -0.39 is 11.8 Å². The molecule has 1 aliphatic rings. The van der Waals surface area contributed by atoms with Crippen molar-refractivity contribution in [1.82, 2.24) is 30.6 Å². The summed E-state index contributed by atoms with van der Waals surface area (Å²) >= 11 is 3.27. The number of carbonyl (C=O) groups excluding carboxylic acids is 2. The molecule has 3 aromatic heterocycles. The van der Waals surface area contributed by atoms with E-state index in [9.17, 15) is 9.59 Å². The van der Waals surface area contributed by atoms with E-state index in [1.807, 2.05) is 18.5 Å². The average Bonchev–Trinajstić information content (AvgIpc) is 3.26. The molecule has 4 rings (SSSR count). The van der Waals surface area contributed by atoms with Gasteiger partial charge in [-0.3, -0.25) is 20.4 Å². The highest BCUT2D eigenvalue weighted by Gasteiger charge is 2.28. The number of halogens is 1. The highest BCUT2D eigenvalue weighted by molar-refractivity contribution is 9.10. The molecule has 0 aliphatic heterocycles. The van der Waals surface area contributed by atoms with E-state index in [1.165, 1.54) is 0 Å². The maximum atomic E-state index is 12.8. The van der Waals surface area contributed by atoms with Gasteiger partial charge in [0.1, 0.15) is 5.69 Å². The first-order valence-electron chi connectivity index (χ1n) is 8.77. The maximum Gasteiger partial charge on any atom is 0.286 e. The molecule has 27 heavy (non-hydrogen) atoms. The van der Waals surface area contributed by atoms with E-state index >= 15 is 0 Å². The molecule has 0 aromatic carbocycles. The van der Waals surface area contributed by atoms with Crippen molar-refractivity contribution in [3.8, 4) is 0 Å². The summed E-state index contributed by atoms with van der Waals surface area (Å²) in [6.07, 6.45) is 5.45. The summed E-state index contributed by atoms with van der Waals surface area (Å²) in [6.45, 7) is 4.04. The average molecular weight is 431 g/mol. The minimum atomic E-state index is -0.431. The van der Waals surface area contributed by atoms with E-state index in [4.69, 9.17) is 4.98 Å². The summed E-state index contributed by atoms with van der Waals surface area (Å²) in [5.41, 5.74) is 7.31. The lowest BCUT2D eigenvalue weighted by Crippen LogP contribution is -2.41. The number of fused-ring (bicyclic) bond motifs is 1. The number of aromatic nitrogens is 4. The first-order valence-corrected chi connectivity index (χ1v) is 9.56. The molecule has 0 unspecified atom stereocenters. The van der Waals surface area contributed by atoms with Gasteiger partial charge >= 0.3 is 0 Å². The maximum absolute atomic E-state index is 12.8. The van der Waals surface area contributed by atoms with Crippen LogP contribution in [-0.4, -0.2) is 31.6 Å². The van der Waals surface area contributed by atoms with Gasteiger partial charge in [0, 0.05) is 28.3 Å². The summed E-state index contributed by atoms with van der Waals surface area (Å²) in [5.74, 6) is -0.437. The van der Waals surface area contributed by atoms with Crippen LogP contribution in [0.4, 0.5) is 0 Å². The van der Waals surface area contributed by atoms with Gasteiger partial charge in [0.05, 0.1) is 17.1 Å². The number of amides is 2. The highest BCUT2D eigenvalue weighted by atomic mass is 79.9. The van der Waals surface area contributed by atoms with Crippen molar-refractivity contribution in [3.05, 3.63) is 46.0 Å². The number of H-pyrrole nitrogens is 1. The molecule has 2 amide bonds. The fraction of sp³-hybridized carbons (Fsp3) is 0.333. The number of hydrazine groups is 1. The third kappa shape index (κ3) is 3.46. The number of hydrogen-bond acceptors (Lipinski definition) is 4. The fourth-order valence-electron chi connectivity index (χ4n) is 2.94. The Hall–Kier alpha value is -2.68. The second-order valence-electron chi connectivity index (χ2n) is 6.93. The molecule has 1 aliphatic carbocycles. The topological polar surface area (TPSA) is 105 Å². The number of carbonyl (C=O) groups is 2. The number of nitrogens with one attached hydrogen (secondary N) is 3. The molecule has 3 N–H and O–H groups in total. The normalized spacial score (nSPS) is 13.9. The largest absolute Gasteiger partial charge is 0.356 e. The quantitative estimate of drug-likeness (QED) is 0.553. The van der Waals surface area contributed by atoms with Crippen molar-refractivity contribution >= 4 is 38.8 Å². The van der Waals surface area contributed by atoms with Crippen molar-refractivity contribution in [1.29, 1.82) is 0 Å². The number of hydrogen-bond donors (Lipinski definition) is 3. The van der Waals surface area contributed by atoms with Crippen molar-refractivity contribution < 1.29 is 9.59 Å². The van der Waals surface area contributed by atoms with Crippen LogP contribution in [0.3, 0.4) is 0 Å². The molecule has 0 bridgehead atoms. The summed E-state index contributed by atoms with van der Waals surface area (Å²) in [7, 11) is 0. The summed E-state index contributed by atoms with van der Waals surface area (Å²) in [5, 5.41) is 5.05. The second-order valence-corrected chi connectivity index (χ2v) is 7.84. The Morgan fingerprint density at radius 2 is 2.00 bits per heavy atom. The molecular weight excluding hydrogens is 412 g/mol. The SMILES string of the molecule is CC(C)n1ncc2c(C(=O)NNC(=O)c3cc(Br)c[nH]3)cc(C3CC3)nc21. The monoisotopic (exact) mass is 430 g/mol. The van der Waals surface area contributed by atoms with E-state index in [-0.39, 0.29) is 6.04 Å². The van der Waals surface area contributed by atoms with Crippen molar-refractivity contribution in [2.45, 2.75) is 38.6 Å². The zero-order chi connectivity index (χ0) is 19.1. The lowest BCUT2D eigenvalue weighted by molar-refractivity contribution is 0.0845. The first kappa shape index (κ1) is 17.7. The Bertz CT molecular complexity index is 1030. The smallest absolute Gasteiger partial charge is 0.286 e. The molecule has 9 heteroatoms. The second kappa shape index (κ2) is 6.80. The van der Waals surface area contributed by atoms with Crippen LogP contribution in [-0.2, 0) is 0 Å². The van der Waals surface area contributed by atoms with Crippen LogP contribution in [0.5, 0.6) is 0 Å². The summed E-state index contributed by atoms with van der Waals surface area (Å²) in [4.78, 5) is 32.4. The minimum Gasteiger partial charge on any atom is -0.356 e. The van der Waals surface area contributed by atoms with Gasteiger partial charge in [-0.2, -0.15) is 5.10 Å². The van der Waals surface area contributed by atoms with E-state index in [1.54, 1.807) is 24.5 Å². The lowest BCUT2D eigenvalue weighted by Gasteiger charge is -2.11. The standard InChI is InChI=1S/C18H19BrN6O2/c1-9(2)25-16-13(8-21-25)12(6-14(22-16)10-3-4-10)17(26)23-24-18(27)15-5-11(19)7-20-15/h5-10,20H,3-4H2,1-2H3,(H,23,26)(H,24,27). The van der Waals surface area contributed by atoms with Crippen LogP contribution < -0.4 is 10.9 Å². The Kier molecular flexibility index (Phi) is 4.47. The molecule has 0 radical (unpaired) electrons. The zero-order valence-corrected chi connectivity index (χ0v) is 16.5. The van der Waals surface area contributed by atoms with Gasteiger partial charge in [0.2, 0.25) is 0 Å². The molecule has 0 atom stereocenters. The molecule has 0 spiro atoms. The van der Waals surface area contributed by atoms with E-state index in [2.05, 4.69) is 36.9 Å². The third-order valence-corrected chi connectivity index (χ3v) is 4.96. The molecule has 0 saturated heterocycles. The summed E-state index contributed by atoms with van der Waals surface area (Å²) in [6, 6.07) is 3.56. The number of nitrogens with zero attached hydrogens (tertiary/aromatic N) is 3. The first-order chi connectivity index (χ1) is 12.9. The van der Waals surface area contributed by atoms with Crippen LogP contribution in [0.2, 0.25) is 0 Å². The number of pyridine rings is 1. The van der Waals surface area contributed by atoms with Gasteiger partial charge in [-0.05, 0) is 54.8 Å². The van der Waals surface area contributed by atoms with Crippen LogP contribution in [0.1, 0.15) is 65.2 Å². The van der Waals surface area contributed by atoms with Crippen molar-refractivity contribution in [2.24, 2.45) is 0 Å². The fourth-order valence-corrected chi connectivity index (χ4v) is 3.28. The molecule has 1 saturated carbocycles. The van der Waals surface area contributed by atoms with Gasteiger partial charge in [-0.25, -0.2) is 9.67 Å². The predicted molar refractivity (Wildman–Crippen MR) is 103 cm³/mol. The van der Waals surface area contributed by atoms with Crippen molar-refractivity contribution in [2.75, 3.05) is 0 Å². The van der Waals surface area contributed by atoms with Crippen LogP contribution in [0.15, 0.2) is 29.0 Å².